The zero-order valence-corrected chi connectivity index (χ0v) is 10.6. The van der Waals surface area contributed by atoms with Gasteiger partial charge < -0.3 is 10.1 Å². The number of nitrogens with one attached hydrogen (secondary N) is 1. The summed E-state index contributed by atoms with van der Waals surface area (Å²) >= 11 is 0. The second kappa shape index (κ2) is 5.05. The number of benzene rings is 1. The highest BCUT2D eigenvalue weighted by Gasteiger charge is 2.45. The first-order valence-corrected chi connectivity index (χ1v) is 6.31. The quantitative estimate of drug-likeness (QED) is 0.768. The molecule has 17 heavy (non-hydrogen) atoms. The van der Waals surface area contributed by atoms with Gasteiger partial charge in [0.1, 0.15) is 17.2 Å². The highest BCUT2D eigenvalue weighted by atomic mass is 19.1. The summed E-state index contributed by atoms with van der Waals surface area (Å²) < 4.78 is 19.1. The molecular weight excluding hydrogens is 217 g/mol. The van der Waals surface area contributed by atoms with Crippen LogP contribution in [0.25, 0.3) is 0 Å². The van der Waals surface area contributed by atoms with Crippen molar-refractivity contribution >= 4 is 0 Å². The topological polar surface area (TPSA) is 21.3 Å². The molecule has 0 spiro atoms. The number of rotatable bonds is 6. The first-order valence-electron chi connectivity index (χ1n) is 6.31. The van der Waals surface area contributed by atoms with Crippen LogP contribution in [0.15, 0.2) is 18.2 Å². The Morgan fingerprint density at radius 1 is 1.41 bits per heavy atom. The lowest BCUT2D eigenvalue weighted by Crippen LogP contribution is -2.33. The van der Waals surface area contributed by atoms with Crippen molar-refractivity contribution in [3.63, 3.8) is 0 Å². The van der Waals surface area contributed by atoms with Crippen molar-refractivity contribution in [3.05, 3.63) is 29.6 Å². The third-order valence-corrected chi connectivity index (χ3v) is 3.15. The van der Waals surface area contributed by atoms with Crippen LogP contribution in [0.3, 0.4) is 0 Å². The van der Waals surface area contributed by atoms with Crippen LogP contribution in [-0.2, 0) is 0 Å². The van der Waals surface area contributed by atoms with Gasteiger partial charge in [0.15, 0.2) is 0 Å². The van der Waals surface area contributed by atoms with Crippen LogP contribution in [0.5, 0.6) is 5.75 Å². The second-order valence-electron chi connectivity index (χ2n) is 4.87. The van der Waals surface area contributed by atoms with Gasteiger partial charge in [-0.25, -0.2) is 4.39 Å². The summed E-state index contributed by atoms with van der Waals surface area (Å²) in [7, 11) is 0. The van der Waals surface area contributed by atoms with Crippen LogP contribution in [0.1, 0.15) is 31.7 Å². The van der Waals surface area contributed by atoms with Crippen LogP contribution in [0.4, 0.5) is 4.39 Å². The van der Waals surface area contributed by atoms with E-state index >= 15 is 0 Å². The summed E-state index contributed by atoms with van der Waals surface area (Å²) in [5.41, 5.74) is 0.596. The van der Waals surface area contributed by atoms with Gasteiger partial charge >= 0.3 is 0 Å². The van der Waals surface area contributed by atoms with E-state index in [1.807, 2.05) is 0 Å². The third-order valence-electron chi connectivity index (χ3n) is 3.15. The maximum Gasteiger partial charge on any atom is 0.126 e. The standard InChI is InChI=1S/C14H20FNO/c1-3-8-16-10-14(6-7-14)17-12-4-5-13(15)11(2)9-12/h4-5,9,16H,3,6-8,10H2,1-2H3. The van der Waals surface area contributed by atoms with Crippen LogP contribution < -0.4 is 10.1 Å². The average Bonchev–Trinajstić information content (AvgIpc) is 3.04. The van der Waals surface area contributed by atoms with Crippen LogP contribution in [-0.4, -0.2) is 18.7 Å². The number of hydrogen-bond acceptors (Lipinski definition) is 2. The minimum absolute atomic E-state index is 0.0422. The predicted octanol–water partition coefficient (Wildman–Crippen LogP) is 3.05. The van der Waals surface area contributed by atoms with E-state index in [0.717, 1.165) is 38.1 Å². The van der Waals surface area contributed by atoms with E-state index < -0.39 is 0 Å². The van der Waals surface area contributed by atoms with Crippen molar-refractivity contribution in [2.45, 2.75) is 38.7 Å². The molecule has 0 amide bonds. The summed E-state index contributed by atoms with van der Waals surface area (Å²) in [6.07, 6.45) is 3.30. The molecule has 94 valence electrons. The Hall–Kier alpha value is -1.09. The third kappa shape index (κ3) is 3.19. The Morgan fingerprint density at radius 3 is 2.76 bits per heavy atom. The van der Waals surface area contributed by atoms with Crippen molar-refractivity contribution in [3.8, 4) is 5.75 Å². The molecule has 0 heterocycles. The SMILES string of the molecule is CCCNCC1(Oc2ccc(F)c(C)c2)CC1. The first-order chi connectivity index (χ1) is 8.15. The zero-order chi connectivity index (χ0) is 12.3. The molecule has 0 saturated heterocycles. The number of ether oxygens (including phenoxy) is 1. The molecule has 2 rings (SSSR count). The van der Waals surface area contributed by atoms with E-state index in [1.54, 1.807) is 19.1 Å². The van der Waals surface area contributed by atoms with Crippen molar-refractivity contribution in [1.29, 1.82) is 0 Å². The highest BCUT2D eigenvalue weighted by molar-refractivity contribution is 5.30. The maximum atomic E-state index is 13.1. The predicted molar refractivity (Wildman–Crippen MR) is 66.9 cm³/mol. The average molecular weight is 237 g/mol. The van der Waals surface area contributed by atoms with Crippen LogP contribution in [0.2, 0.25) is 0 Å². The summed E-state index contributed by atoms with van der Waals surface area (Å²) in [4.78, 5) is 0. The Morgan fingerprint density at radius 2 is 2.18 bits per heavy atom. The maximum absolute atomic E-state index is 13.1. The molecule has 1 aliphatic rings. The Kier molecular flexibility index (Phi) is 3.67. The molecule has 0 unspecified atom stereocenters. The zero-order valence-electron chi connectivity index (χ0n) is 10.6. The first kappa shape index (κ1) is 12.4. The van der Waals surface area contributed by atoms with Gasteiger partial charge in [-0.1, -0.05) is 6.92 Å². The molecule has 1 fully saturated rings. The van der Waals surface area contributed by atoms with Gasteiger partial charge in [-0.2, -0.15) is 0 Å². The minimum Gasteiger partial charge on any atom is -0.486 e. The van der Waals surface area contributed by atoms with Gasteiger partial charge in [0.05, 0.1) is 0 Å². The highest BCUT2D eigenvalue weighted by Crippen LogP contribution is 2.39. The van der Waals surface area contributed by atoms with E-state index in [9.17, 15) is 4.39 Å². The second-order valence-corrected chi connectivity index (χ2v) is 4.87. The fraction of sp³-hybridized carbons (Fsp3) is 0.571. The molecule has 1 N–H and O–H groups in total. The number of halogens is 1. The molecule has 0 radical (unpaired) electrons. The van der Waals surface area contributed by atoms with Crippen LogP contribution in [0, 0.1) is 12.7 Å². The van der Waals surface area contributed by atoms with Gasteiger partial charge in [0, 0.05) is 6.54 Å². The summed E-state index contributed by atoms with van der Waals surface area (Å²) in [5.74, 6) is 0.603. The lowest BCUT2D eigenvalue weighted by Gasteiger charge is -2.19. The molecule has 1 aliphatic carbocycles. The fourth-order valence-electron chi connectivity index (χ4n) is 1.88. The molecule has 3 heteroatoms. The lowest BCUT2D eigenvalue weighted by molar-refractivity contribution is 0.175. The normalized spacial score (nSPS) is 16.9. The van der Waals surface area contributed by atoms with Gasteiger partial charge in [-0.3, -0.25) is 0 Å². The molecule has 0 bridgehead atoms. The van der Waals surface area contributed by atoms with E-state index in [-0.39, 0.29) is 11.4 Å². The Balaban J connectivity index is 1.93. The Bertz CT molecular complexity index is 388. The molecule has 1 aromatic rings. The van der Waals surface area contributed by atoms with E-state index in [4.69, 9.17) is 4.74 Å². The largest absolute Gasteiger partial charge is 0.486 e. The molecule has 1 aromatic carbocycles. The smallest absolute Gasteiger partial charge is 0.126 e. The van der Waals surface area contributed by atoms with Gasteiger partial charge in [-0.05, 0) is 56.5 Å². The van der Waals surface area contributed by atoms with Gasteiger partial charge in [0.2, 0.25) is 0 Å². The Labute approximate surface area is 102 Å². The van der Waals surface area contributed by atoms with Crippen molar-refractivity contribution in [2.24, 2.45) is 0 Å². The monoisotopic (exact) mass is 237 g/mol. The van der Waals surface area contributed by atoms with Crippen molar-refractivity contribution in [2.75, 3.05) is 13.1 Å². The van der Waals surface area contributed by atoms with E-state index in [0.29, 0.717) is 5.56 Å². The molecule has 0 atom stereocenters. The molecule has 0 aliphatic heterocycles. The molecule has 0 aromatic heterocycles. The number of hydrogen-bond donors (Lipinski definition) is 1. The van der Waals surface area contributed by atoms with E-state index in [2.05, 4.69) is 12.2 Å². The molecule has 1 saturated carbocycles. The minimum atomic E-state index is -0.175. The van der Waals surface area contributed by atoms with E-state index in [1.165, 1.54) is 6.07 Å². The summed E-state index contributed by atoms with van der Waals surface area (Å²) in [5, 5.41) is 3.39. The van der Waals surface area contributed by atoms with Crippen LogP contribution >= 0.6 is 0 Å². The molecule has 2 nitrogen and oxygen atoms in total. The summed E-state index contributed by atoms with van der Waals surface area (Å²) in [6.45, 7) is 5.82. The van der Waals surface area contributed by atoms with Gasteiger partial charge in [0.25, 0.3) is 0 Å². The van der Waals surface area contributed by atoms with Crippen molar-refractivity contribution < 1.29 is 9.13 Å². The van der Waals surface area contributed by atoms with Gasteiger partial charge in [-0.15, -0.1) is 0 Å². The lowest BCUT2D eigenvalue weighted by atomic mass is 10.2. The van der Waals surface area contributed by atoms with Crippen molar-refractivity contribution in [1.82, 2.24) is 5.32 Å². The number of aryl methyl sites for hydroxylation is 1. The molecular formula is C14H20FNO. The fourth-order valence-corrected chi connectivity index (χ4v) is 1.88. The summed E-state index contributed by atoms with van der Waals surface area (Å²) in [6, 6.07) is 4.96.